The Hall–Kier alpha value is -1.17. The zero-order valence-electron chi connectivity index (χ0n) is 26.3. The summed E-state index contributed by atoms with van der Waals surface area (Å²) in [5, 5.41) is 35.2. The van der Waals surface area contributed by atoms with E-state index < -0.39 is 63.2 Å². The van der Waals surface area contributed by atoms with Crippen LogP contribution in [0.25, 0.3) is 0 Å². The second kappa shape index (κ2) is 20.2. The van der Waals surface area contributed by atoms with Gasteiger partial charge < -0.3 is 49.8 Å². The monoisotopic (exact) mass is 654 g/mol. The maximum Gasteiger partial charge on any atom is 0.472 e. The zero-order valence-corrected chi connectivity index (χ0v) is 27.2. The maximum absolute atomic E-state index is 12.2. The van der Waals surface area contributed by atoms with E-state index in [2.05, 4.69) is 15.2 Å². The number of amides is 2. The molecule has 0 bridgehead atoms. The SMILES string of the molecule is B[C@@H]1O[C@H](COC)[C@H](OP(=O)(O)OC)C1CCCCCCCNC(=O)CCCCO[C@@H]1O[C@H](CO)[C@H](O)[C@H](O)[C@H]1NC(C)=O. The van der Waals surface area contributed by atoms with Crippen LogP contribution in [0.1, 0.15) is 64.7 Å². The molecule has 2 saturated heterocycles. The first kappa shape index (κ1) is 39.0. The molecule has 15 nitrogen and oxygen atoms in total. The van der Waals surface area contributed by atoms with Crippen molar-refractivity contribution in [2.75, 3.05) is 40.6 Å². The summed E-state index contributed by atoms with van der Waals surface area (Å²) in [7, 11) is 0.446. The topological polar surface area (TPSA) is 212 Å². The number of aliphatic hydroxyl groups excluding tert-OH is 3. The summed E-state index contributed by atoms with van der Waals surface area (Å²) < 4.78 is 44.3. The van der Waals surface area contributed by atoms with E-state index in [1.54, 1.807) is 7.11 Å². The molecule has 2 rings (SSSR count). The van der Waals surface area contributed by atoms with E-state index in [-0.39, 0.29) is 31.0 Å². The maximum atomic E-state index is 12.2. The average Bonchev–Trinajstić information content (AvgIpc) is 3.25. The van der Waals surface area contributed by atoms with E-state index in [1.807, 2.05) is 7.85 Å². The number of rotatable bonds is 21. The van der Waals surface area contributed by atoms with Crippen molar-refractivity contribution >= 4 is 27.5 Å². The lowest BCUT2D eigenvalue weighted by Crippen LogP contribution is -2.64. The molecular formula is C27H52BN2O13P. The largest absolute Gasteiger partial charge is 0.472 e. The van der Waals surface area contributed by atoms with E-state index in [4.69, 9.17) is 23.5 Å². The summed E-state index contributed by atoms with van der Waals surface area (Å²) in [4.78, 5) is 33.5. The molecule has 2 fully saturated rings. The number of hydrogen-bond donors (Lipinski definition) is 6. The van der Waals surface area contributed by atoms with Crippen LogP contribution in [0.4, 0.5) is 0 Å². The quantitative estimate of drug-likeness (QED) is 0.0516. The van der Waals surface area contributed by atoms with Crippen LogP contribution >= 0.6 is 7.82 Å². The highest BCUT2D eigenvalue weighted by molar-refractivity contribution is 7.47. The highest BCUT2D eigenvalue weighted by atomic mass is 31.2. The van der Waals surface area contributed by atoms with Gasteiger partial charge in [0.15, 0.2) is 6.29 Å². The highest BCUT2D eigenvalue weighted by Gasteiger charge is 2.46. The molecule has 6 N–H and O–H groups in total. The third kappa shape index (κ3) is 12.9. The van der Waals surface area contributed by atoms with E-state index in [0.29, 0.717) is 25.8 Å². The van der Waals surface area contributed by atoms with E-state index in [1.165, 1.54) is 6.92 Å². The molecule has 10 atom stereocenters. The van der Waals surface area contributed by atoms with E-state index in [9.17, 15) is 34.4 Å². The molecule has 0 saturated carbocycles. The molecule has 0 aromatic rings. The molecule has 0 radical (unpaired) electrons. The van der Waals surface area contributed by atoms with Gasteiger partial charge in [0.25, 0.3) is 0 Å². The number of phosphoric ester groups is 1. The van der Waals surface area contributed by atoms with Gasteiger partial charge in [-0.2, -0.15) is 0 Å². The van der Waals surface area contributed by atoms with Crippen molar-refractivity contribution in [3.05, 3.63) is 0 Å². The van der Waals surface area contributed by atoms with E-state index in [0.717, 1.165) is 45.6 Å². The molecule has 0 aromatic heterocycles. The van der Waals surface area contributed by atoms with Gasteiger partial charge in [0.2, 0.25) is 11.8 Å². The minimum absolute atomic E-state index is 0.0544. The molecule has 0 aliphatic carbocycles. The van der Waals surface area contributed by atoms with Gasteiger partial charge >= 0.3 is 7.82 Å². The summed E-state index contributed by atoms with van der Waals surface area (Å²) in [6.07, 6.45) is 1.03. The van der Waals surface area contributed by atoms with Gasteiger partial charge in [0.05, 0.1) is 13.2 Å². The van der Waals surface area contributed by atoms with Crippen LogP contribution < -0.4 is 10.6 Å². The standard InChI is InChI=1S/C27H52BN2O13P/c1-17(32)30-22-24(35)23(34)19(15-31)42-27(22)40-14-10-8-12-21(33)29-13-9-6-4-5-7-11-18-25(43-44(36,37)39-3)20(16-38-2)41-26(18)28/h18-20,22-27,31,34-35H,4-16,28H2,1-3H3,(H,29,33)(H,30,32)(H,36,37)/t18?,19-,20-,22-,23+,24-,25-,26-,27-/m1/s1. The van der Waals surface area contributed by atoms with Crippen LogP contribution in [-0.2, 0) is 42.1 Å². The van der Waals surface area contributed by atoms with E-state index >= 15 is 0 Å². The van der Waals surface area contributed by atoms with Crippen molar-refractivity contribution in [3.8, 4) is 0 Å². The third-order valence-corrected chi connectivity index (χ3v) is 8.94. The normalized spacial score (nSPS) is 31.8. The predicted octanol–water partition coefficient (Wildman–Crippen LogP) is -0.674. The van der Waals surface area contributed by atoms with Crippen molar-refractivity contribution in [1.82, 2.24) is 10.6 Å². The molecule has 2 aliphatic heterocycles. The Labute approximate surface area is 260 Å². The van der Waals surface area contributed by atoms with Crippen LogP contribution in [-0.4, -0.2) is 129 Å². The first-order valence-corrected chi connectivity index (χ1v) is 16.9. The number of ether oxygens (including phenoxy) is 4. The van der Waals surface area contributed by atoms with Crippen molar-refractivity contribution in [2.24, 2.45) is 5.92 Å². The lowest BCUT2D eigenvalue weighted by atomic mass is 9.81. The van der Waals surface area contributed by atoms with Crippen LogP contribution in [0.3, 0.4) is 0 Å². The number of unbranched alkanes of at least 4 members (excludes halogenated alkanes) is 5. The number of nitrogens with one attached hydrogen (secondary N) is 2. The van der Waals surface area contributed by atoms with Crippen LogP contribution in [0, 0.1) is 5.92 Å². The first-order valence-electron chi connectivity index (χ1n) is 15.4. The summed E-state index contributed by atoms with van der Waals surface area (Å²) in [5.41, 5.74) is 0. The van der Waals surface area contributed by atoms with Gasteiger partial charge in [-0.3, -0.25) is 18.6 Å². The fraction of sp³-hybridized carbons (Fsp3) is 0.926. The van der Waals surface area contributed by atoms with Gasteiger partial charge in [-0.05, 0) is 25.7 Å². The number of carbonyl (C=O) groups excluding carboxylic acids is 2. The van der Waals surface area contributed by atoms with Crippen molar-refractivity contribution in [2.45, 2.75) is 114 Å². The second-order valence-corrected chi connectivity index (χ2v) is 12.9. The number of carbonyl (C=O) groups is 2. The smallest absolute Gasteiger partial charge is 0.394 e. The summed E-state index contributed by atoms with van der Waals surface area (Å²) in [5.74, 6) is -0.536. The van der Waals surface area contributed by atoms with Crippen molar-refractivity contribution in [3.63, 3.8) is 0 Å². The Balaban J connectivity index is 1.57. The Kier molecular flexibility index (Phi) is 17.9. The molecule has 2 unspecified atom stereocenters. The number of hydrogen-bond acceptors (Lipinski definition) is 12. The van der Waals surface area contributed by atoms with Crippen LogP contribution in [0.2, 0.25) is 0 Å². The van der Waals surface area contributed by atoms with Gasteiger partial charge in [-0.15, -0.1) is 0 Å². The second-order valence-electron chi connectivity index (χ2n) is 11.4. The number of methoxy groups -OCH3 is 1. The molecule has 2 aliphatic rings. The van der Waals surface area contributed by atoms with Gasteiger partial charge in [0, 0.05) is 52.6 Å². The van der Waals surface area contributed by atoms with Gasteiger partial charge in [-0.25, -0.2) is 4.57 Å². The minimum atomic E-state index is -4.16. The lowest BCUT2D eigenvalue weighted by Gasteiger charge is -2.42. The fourth-order valence-corrected chi connectivity index (χ4v) is 6.27. The first-order chi connectivity index (χ1) is 20.9. The Morgan fingerprint density at radius 2 is 1.68 bits per heavy atom. The molecular weight excluding hydrogens is 602 g/mol. The van der Waals surface area contributed by atoms with Gasteiger partial charge in [0.1, 0.15) is 44.4 Å². The molecule has 44 heavy (non-hydrogen) atoms. The molecule has 0 aromatic carbocycles. The lowest BCUT2D eigenvalue weighted by molar-refractivity contribution is -0.270. The summed E-state index contributed by atoms with van der Waals surface area (Å²) in [6.45, 7) is 1.79. The molecule has 2 amide bonds. The van der Waals surface area contributed by atoms with Crippen LogP contribution in [0.5, 0.6) is 0 Å². The minimum Gasteiger partial charge on any atom is -0.394 e. The molecule has 17 heteroatoms. The highest BCUT2D eigenvalue weighted by Crippen LogP contribution is 2.48. The van der Waals surface area contributed by atoms with Crippen molar-refractivity contribution in [1.29, 1.82) is 0 Å². The Bertz CT molecular complexity index is 906. The third-order valence-electron chi connectivity index (χ3n) is 7.96. The fourth-order valence-electron chi connectivity index (χ4n) is 5.59. The number of aliphatic hydroxyl groups is 3. The predicted molar refractivity (Wildman–Crippen MR) is 160 cm³/mol. The van der Waals surface area contributed by atoms with Crippen molar-refractivity contribution < 1.29 is 62.4 Å². The molecule has 256 valence electrons. The Morgan fingerprint density at radius 3 is 2.34 bits per heavy atom. The van der Waals surface area contributed by atoms with Crippen LogP contribution in [0.15, 0.2) is 0 Å². The van der Waals surface area contributed by atoms with Gasteiger partial charge in [-0.1, -0.05) is 25.7 Å². The zero-order chi connectivity index (χ0) is 32.7. The summed E-state index contributed by atoms with van der Waals surface area (Å²) in [6, 6.07) is -1.13. The molecule has 2 heterocycles. The average molecular weight is 655 g/mol. The molecule has 0 spiro atoms. The summed E-state index contributed by atoms with van der Waals surface area (Å²) >= 11 is 0. The Morgan fingerprint density at radius 1 is 0.977 bits per heavy atom. The number of phosphoric acid groups is 1.